The number of furan rings is 3. The van der Waals surface area contributed by atoms with Crippen LogP contribution in [0.25, 0.3) is 239 Å². The minimum absolute atomic E-state index is 0.551. The van der Waals surface area contributed by atoms with Gasteiger partial charge in [0.2, 0.25) is 5.95 Å². The van der Waals surface area contributed by atoms with Gasteiger partial charge in [-0.15, -0.1) is 0 Å². The topological polar surface area (TPSA) is 132 Å². The lowest BCUT2D eigenvalue weighted by Gasteiger charge is -2.11. The van der Waals surface area contributed by atoms with Crippen LogP contribution < -0.4 is 0 Å². The van der Waals surface area contributed by atoms with E-state index in [0.29, 0.717) is 35.1 Å². The fraction of sp³-hybridized carbons (Fsp3) is 0. The molecule has 8 heterocycles. The molecule has 120 heavy (non-hydrogen) atoms. The van der Waals surface area contributed by atoms with Crippen molar-refractivity contribution in [1.82, 2.24) is 43.6 Å². The lowest BCUT2D eigenvalue weighted by atomic mass is 10.0. The van der Waals surface area contributed by atoms with E-state index in [4.69, 9.17) is 43.2 Å². The summed E-state index contributed by atoms with van der Waals surface area (Å²) in [6.45, 7) is 0. The molecule has 12 nitrogen and oxygen atoms in total. The quantitative estimate of drug-likeness (QED) is 0.124. The third kappa shape index (κ3) is 11.3. The van der Waals surface area contributed by atoms with E-state index in [1.165, 1.54) is 11.1 Å². The normalized spacial score (nSPS) is 11.8. The number of aromatic nitrogens is 9. The van der Waals surface area contributed by atoms with Gasteiger partial charge in [-0.05, 0) is 155 Å². The Morgan fingerprint density at radius 1 is 0.167 bits per heavy atom. The third-order valence-electron chi connectivity index (χ3n) is 23.5. The van der Waals surface area contributed by atoms with Crippen molar-refractivity contribution >= 4 is 131 Å². The highest BCUT2D eigenvalue weighted by atomic mass is 16.3. The fourth-order valence-corrected chi connectivity index (χ4v) is 17.8. The van der Waals surface area contributed by atoms with E-state index >= 15 is 0 Å². The zero-order valence-electron chi connectivity index (χ0n) is 64.3. The molecule has 560 valence electrons. The van der Waals surface area contributed by atoms with E-state index in [1.807, 2.05) is 48.5 Å². The molecule has 0 N–H and O–H groups in total. The number of rotatable bonds is 11. The molecule has 0 aliphatic heterocycles. The van der Waals surface area contributed by atoms with Crippen molar-refractivity contribution in [2.75, 3.05) is 0 Å². The maximum atomic E-state index is 6.98. The second-order valence-corrected chi connectivity index (χ2v) is 30.4. The van der Waals surface area contributed by atoms with Crippen LogP contribution >= 0.6 is 0 Å². The standard InChI is InChI=1S/C57H35N5O.C51H30N4O2/c1-3-14-36(15-4-1)38-26-28-39(29-27-38)55-58-56(60-57(59-55)62-48-23-10-7-20-43(48)44-21-8-11-24-49(44)62)41-30-31-45-46-32-33-51-53(54(46)63-52(45)35-41)47-22-9-12-25-50(47)61(51)42-19-13-18-40(34-42)37-16-5-2-6-17-37;1-3-11-31(12-4-1)32-19-21-33(22-20-32)49-52-50(34-24-28-45-41(29-34)37-15-8-10-18-44(37)56-45)54-51(53-49)35-23-25-38-39-26-27-43-47(48(39)57-46(38)30-35)40-16-7-9-17-42(40)55(43)36-13-5-2-6-14-36/h1-35H;1-30H. The van der Waals surface area contributed by atoms with E-state index in [9.17, 15) is 0 Å². The van der Waals surface area contributed by atoms with Crippen LogP contribution in [0.1, 0.15) is 0 Å². The summed E-state index contributed by atoms with van der Waals surface area (Å²) >= 11 is 0. The summed E-state index contributed by atoms with van der Waals surface area (Å²) in [4.78, 5) is 30.9. The highest BCUT2D eigenvalue weighted by Crippen LogP contribution is 2.46. The minimum Gasteiger partial charge on any atom is -0.456 e. The summed E-state index contributed by atoms with van der Waals surface area (Å²) in [6.07, 6.45) is 0. The van der Waals surface area contributed by atoms with Crippen molar-refractivity contribution in [3.05, 3.63) is 394 Å². The molecular formula is C108H65N9O3. The van der Waals surface area contributed by atoms with Crippen LogP contribution in [-0.4, -0.2) is 43.6 Å². The molecule has 0 atom stereocenters. The highest BCUT2D eigenvalue weighted by Gasteiger charge is 2.25. The molecule has 0 radical (unpaired) electrons. The van der Waals surface area contributed by atoms with Crippen LogP contribution in [0.2, 0.25) is 0 Å². The molecule has 0 unspecified atom stereocenters. The molecule has 25 aromatic rings. The largest absolute Gasteiger partial charge is 0.456 e. The van der Waals surface area contributed by atoms with Gasteiger partial charge in [-0.2, -0.15) is 9.97 Å². The van der Waals surface area contributed by atoms with Gasteiger partial charge in [0, 0.05) is 93.1 Å². The van der Waals surface area contributed by atoms with Gasteiger partial charge in [-0.25, -0.2) is 19.9 Å². The van der Waals surface area contributed by atoms with Crippen LogP contribution in [-0.2, 0) is 0 Å². The Hall–Kier alpha value is -16.4. The first-order valence-corrected chi connectivity index (χ1v) is 40.2. The summed E-state index contributed by atoms with van der Waals surface area (Å²) in [5, 5.41) is 13.0. The van der Waals surface area contributed by atoms with Crippen LogP contribution in [0.15, 0.2) is 408 Å². The van der Waals surface area contributed by atoms with Gasteiger partial charge in [0.15, 0.2) is 29.1 Å². The van der Waals surface area contributed by atoms with Crippen molar-refractivity contribution < 1.29 is 13.3 Å². The molecule has 25 rings (SSSR count). The smallest absolute Gasteiger partial charge is 0.238 e. The average Bonchev–Trinajstić information content (AvgIpc) is 1.56. The number of fused-ring (bicyclic) bond motifs is 20. The van der Waals surface area contributed by atoms with Crippen LogP contribution in [0.3, 0.4) is 0 Å². The second-order valence-electron chi connectivity index (χ2n) is 30.4. The minimum atomic E-state index is 0.551. The maximum Gasteiger partial charge on any atom is 0.238 e. The van der Waals surface area contributed by atoms with Crippen molar-refractivity contribution in [2.24, 2.45) is 0 Å². The Kier molecular flexibility index (Phi) is 15.7. The average molecular weight is 1540 g/mol. The van der Waals surface area contributed by atoms with Gasteiger partial charge in [-0.3, -0.25) is 4.57 Å². The summed E-state index contributed by atoms with van der Waals surface area (Å²) in [5.74, 6) is 3.43. The first kappa shape index (κ1) is 68.0. The zero-order valence-corrected chi connectivity index (χ0v) is 64.3. The second kappa shape index (κ2) is 27.7. The molecule has 0 aliphatic rings. The lowest BCUT2D eigenvalue weighted by Crippen LogP contribution is -2.06. The summed E-state index contributed by atoms with van der Waals surface area (Å²) in [7, 11) is 0. The third-order valence-corrected chi connectivity index (χ3v) is 23.5. The molecule has 0 amide bonds. The van der Waals surface area contributed by atoms with Gasteiger partial charge in [0.05, 0.1) is 43.9 Å². The summed E-state index contributed by atoms with van der Waals surface area (Å²) < 4.78 is 26.8. The molecule has 0 saturated carbocycles. The molecule has 12 heteroatoms. The van der Waals surface area contributed by atoms with Gasteiger partial charge in [0.1, 0.15) is 33.5 Å². The van der Waals surface area contributed by atoms with Gasteiger partial charge < -0.3 is 22.4 Å². The first-order chi connectivity index (χ1) is 59.5. The van der Waals surface area contributed by atoms with Gasteiger partial charge in [-0.1, -0.05) is 273 Å². The van der Waals surface area contributed by atoms with Crippen molar-refractivity contribution in [3.63, 3.8) is 0 Å². The van der Waals surface area contributed by atoms with Crippen molar-refractivity contribution in [2.45, 2.75) is 0 Å². The lowest BCUT2D eigenvalue weighted by molar-refractivity contribution is 0.669. The Bertz CT molecular complexity index is 8340. The zero-order chi connectivity index (χ0) is 78.9. The maximum absolute atomic E-state index is 6.98. The highest BCUT2D eigenvalue weighted by molar-refractivity contribution is 6.26. The van der Waals surface area contributed by atoms with E-state index in [2.05, 4.69) is 359 Å². The molecule has 0 spiro atoms. The molecule has 0 aliphatic carbocycles. The monoisotopic (exact) mass is 1540 g/mol. The fourth-order valence-electron chi connectivity index (χ4n) is 17.8. The number of nitrogens with zero attached hydrogens (tertiary/aromatic N) is 9. The number of benzene rings is 17. The Morgan fingerprint density at radius 2 is 0.500 bits per heavy atom. The van der Waals surface area contributed by atoms with Crippen LogP contribution in [0.5, 0.6) is 0 Å². The Labute approximate surface area is 685 Å². The number of para-hydroxylation sites is 6. The molecule has 0 saturated heterocycles. The molecular weight excluding hydrogens is 1470 g/mol. The van der Waals surface area contributed by atoms with Gasteiger partial charge >= 0.3 is 0 Å². The van der Waals surface area contributed by atoms with Crippen LogP contribution in [0.4, 0.5) is 0 Å². The predicted octanol–water partition coefficient (Wildman–Crippen LogP) is 28.1. The molecule has 17 aromatic carbocycles. The molecule has 8 aromatic heterocycles. The van der Waals surface area contributed by atoms with E-state index < -0.39 is 0 Å². The predicted molar refractivity (Wildman–Crippen MR) is 488 cm³/mol. The van der Waals surface area contributed by atoms with E-state index in [-0.39, 0.29) is 0 Å². The summed E-state index contributed by atoms with van der Waals surface area (Å²) in [6, 6.07) is 137. The molecule has 0 fully saturated rings. The van der Waals surface area contributed by atoms with E-state index in [0.717, 1.165) is 193 Å². The van der Waals surface area contributed by atoms with Gasteiger partial charge in [0.25, 0.3) is 0 Å². The number of hydrogen-bond acceptors (Lipinski definition) is 9. The summed E-state index contributed by atoms with van der Waals surface area (Å²) in [5.41, 5.74) is 24.9. The number of hydrogen-bond donors (Lipinski definition) is 0. The van der Waals surface area contributed by atoms with E-state index in [1.54, 1.807) is 0 Å². The van der Waals surface area contributed by atoms with Crippen molar-refractivity contribution in [1.29, 1.82) is 0 Å². The van der Waals surface area contributed by atoms with Crippen LogP contribution in [0, 0.1) is 0 Å². The Balaban J connectivity index is 0.000000137. The first-order valence-electron chi connectivity index (χ1n) is 40.2. The SMILES string of the molecule is c1ccc(-c2ccc(-c3nc(-c4ccc5c(c4)oc4c5ccc5c4c4ccccc4n5-c4cccc(-c5ccccc5)c4)nc(-n4c5ccccc5c5ccccc54)n3)cc2)cc1.c1ccc(-c2ccc(-c3nc(-c4ccc5c(c4)oc4c5ccc5c4c4ccccc4n5-c4ccccc4)nc(-c4ccc5oc6ccccc6c5c4)n3)cc2)cc1. The Morgan fingerprint density at radius 3 is 1.02 bits per heavy atom. The molecule has 0 bridgehead atoms. The van der Waals surface area contributed by atoms with Crippen molar-refractivity contribution in [3.8, 4) is 108 Å².